The number of alkyl halides is 3. The van der Waals surface area contributed by atoms with Crippen LogP contribution >= 0.6 is 12.2 Å². The Hall–Kier alpha value is -2.02. The van der Waals surface area contributed by atoms with Crippen molar-refractivity contribution < 1.29 is 17.6 Å². The number of furan rings is 1. The molecule has 1 heterocycles. The molecule has 1 aromatic carbocycles. The molecule has 0 aliphatic carbocycles. The minimum atomic E-state index is -4.48. The van der Waals surface area contributed by atoms with Crippen LogP contribution in [0.5, 0.6) is 0 Å². The third kappa shape index (κ3) is 3.98. The summed E-state index contributed by atoms with van der Waals surface area (Å²) in [5.41, 5.74) is 4.89. The molecule has 2 aromatic rings. The first-order chi connectivity index (χ1) is 9.88. The predicted molar refractivity (Wildman–Crippen MR) is 78.2 cm³/mol. The highest BCUT2D eigenvalue weighted by Crippen LogP contribution is 2.33. The Kier molecular flexibility index (Phi) is 4.52. The van der Waals surface area contributed by atoms with Gasteiger partial charge in [0, 0.05) is 24.2 Å². The fourth-order valence-corrected chi connectivity index (χ4v) is 2.06. The summed E-state index contributed by atoms with van der Waals surface area (Å²) in [5, 5.41) is 3.01. The van der Waals surface area contributed by atoms with Crippen molar-refractivity contribution in [2.24, 2.45) is 5.73 Å². The van der Waals surface area contributed by atoms with E-state index in [1.165, 1.54) is 12.1 Å². The standard InChI is InChI=1S/C14H13F3N2OS/c15-14(16,17)12-4-3-9(8-11(12)13(18)21)19-6-5-10-2-1-7-20-10/h1-4,7-8,19H,5-6H2,(H2,18,21). The molecule has 0 atom stereocenters. The van der Waals surface area contributed by atoms with Gasteiger partial charge < -0.3 is 15.5 Å². The third-order valence-electron chi connectivity index (χ3n) is 2.87. The summed E-state index contributed by atoms with van der Waals surface area (Å²) in [6.45, 7) is 0.523. The number of thiocarbonyl (C=S) groups is 1. The average Bonchev–Trinajstić information content (AvgIpc) is 2.90. The Morgan fingerprint density at radius 2 is 2.05 bits per heavy atom. The van der Waals surface area contributed by atoms with Gasteiger partial charge in [-0.1, -0.05) is 12.2 Å². The van der Waals surface area contributed by atoms with E-state index in [0.717, 1.165) is 11.8 Å². The summed E-state index contributed by atoms with van der Waals surface area (Å²) >= 11 is 4.69. The second-order valence-corrected chi connectivity index (χ2v) is 4.82. The summed E-state index contributed by atoms with van der Waals surface area (Å²) in [7, 11) is 0. The summed E-state index contributed by atoms with van der Waals surface area (Å²) in [6.07, 6.45) is -2.29. The van der Waals surface area contributed by atoms with Crippen molar-refractivity contribution in [3.8, 4) is 0 Å². The zero-order valence-electron chi connectivity index (χ0n) is 10.9. The van der Waals surface area contributed by atoms with Crippen molar-refractivity contribution in [2.75, 3.05) is 11.9 Å². The van der Waals surface area contributed by atoms with Crippen LogP contribution in [0.2, 0.25) is 0 Å². The van der Waals surface area contributed by atoms with E-state index in [0.29, 0.717) is 18.7 Å². The average molecular weight is 314 g/mol. The molecule has 7 heteroatoms. The molecule has 0 bridgehead atoms. The zero-order chi connectivity index (χ0) is 15.5. The summed E-state index contributed by atoms with van der Waals surface area (Å²) in [4.78, 5) is -0.281. The van der Waals surface area contributed by atoms with Crippen molar-refractivity contribution in [1.29, 1.82) is 0 Å². The first-order valence-electron chi connectivity index (χ1n) is 6.15. The topological polar surface area (TPSA) is 51.2 Å². The number of nitrogens with one attached hydrogen (secondary N) is 1. The minimum absolute atomic E-state index is 0.180. The maximum atomic E-state index is 12.8. The van der Waals surface area contributed by atoms with Gasteiger partial charge in [-0.25, -0.2) is 0 Å². The van der Waals surface area contributed by atoms with E-state index in [4.69, 9.17) is 22.4 Å². The van der Waals surface area contributed by atoms with E-state index in [1.807, 2.05) is 6.07 Å². The second-order valence-electron chi connectivity index (χ2n) is 4.38. The van der Waals surface area contributed by atoms with E-state index in [-0.39, 0.29) is 10.6 Å². The fraction of sp³-hybridized carbons (Fsp3) is 0.214. The molecule has 0 saturated carbocycles. The van der Waals surface area contributed by atoms with Crippen LogP contribution in [0.25, 0.3) is 0 Å². The first kappa shape index (κ1) is 15.4. The van der Waals surface area contributed by atoms with Gasteiger partial charge in [-0.2, -0.15) is 13.2 Å². The Balaban J connectivity index is 2.11. The van der Waals surface area contributed by atoms with Gasteiger partial charge in [0.25, 0.3) is 0 Å². The molecule has 21 heavy (non-hydrogen) atoms. The van der Waals surface area contributed by atoms with Gasteiger partial charge in [-0.15, -0.1) is 0 Å². The lowest BCUT2D eigenvalue weighted by Crippen LogP contribution is -2.18. The van der Waals surface area contributed by atoms with Crippen LogP contribution in [0.3, 0.4) is 0 Å². The van der Waals surface area contributed by atoms with Crippen molar-refractivity contribution >= 4 is 22.9 Å². The summed E-state index contributed by atoms with van der Waals surface area (Å²) in [5.74, 6) is 0.795. The highest BCUT2D eigenvalue weighted by atomic mass is 32.1. The van der Waals surface area contributed by atoms with Gasteiger partial charge >= 0.3 is 6.18 Å². The predicted octanol–water partition coefficient (Wildman–Crippen LogP) is 3.59. The molecular formula is C14H13F3N2OS. The van der Waals surface area contributed by atoms with E-state index < -0.39 is 11.7 Å². The molecule has 112 valence electrons. The minimum Gasteiger partial charge on any atom is -0.469 e. The van der Waals surface area contributed by atoms with Crippen LogP contribution < -0.4 is 11.1 Å². The molecule has 0 fully saturated rings. The van der Waals surface area contributed by atoms with Crippen LogP contribution in [-0.2, 0) is 12.6 Å². The third-order valence-corrected chi connectivity index (χ3v) is 3.09. The maximum Gasteiger partial charge on any atom is 0.417 e. The van der Waals surface area contributed by atoms with Gasteiger partial charge in [-0.05, 0) is 30.3 Å². The lowest BCUT2D eigenvalue weighted by molar-refractivity contribution is -0.137. The van der Waals surface area contributed by atoms with Crippen LogP contribution in [0.4, 0.5) is 18.9 Å². The lowest BCUT2D eigenvalue weighted by atomic mass is 10.1. The first-order valence-corrected chi connectivity index (χ1v) is 6.56. The molecule has 0 aliphatic rings. The Morgan fingerprint density at radius 1 is 1.29 bits per heavy atom. The van der Waals surface area contributed by atoms with Crippen molar-refractivity contribution in [1.82, 2.24) is 0 Å². The van der Waals surface area contributed by atoms with Crippen molar-refractivity contribution in [3.63, 3.8) is 0 Å². The molecule has 3 nitrogen and oxygen atoms in total. The monoisotopic (exact) mass is 314 g/mol. The van der Waals surface area contributed by atoms with Gasteiger partial charge in [0.1, 0.15) is 10.7 Å². The van der Waals surface area contributed by atoms with Gasteiger partial charge in [-0.3, -0.25) is 0 Å². The highest BCUT2D eigenvalue weighted by molar-refractivity contribution is 7.80. The van der Waals surface area contributed by atoms with Crippen LogP contribution in [0.1, 0.15) is 16.9 Å². The number of rotatable bonds is 5. The Bertz CT molecular complexity index is 624. The second kappa shape index (κ2) is 6.17. The van der Waals surface area contributed by atoms with Crippen LogP contribution in [0.15, 0.2) is 41.0 Å². The number of hydrogen-bond acceptors (Lipinski definition) is 3. The van der Waals surface area contributed by atoms with Crippen LogP contribution in [-0.4, -0.2) is 11.5 Å². The summed E-state index contributed by atoms with van der Waals surface area (Å²) < 4.78 is 43.7. The zero-order valence-corrected chi connectivity index (χ0v) is 11.7. The fourth-order valence-electron chi connectivity index (χ4n) is 1.89. The number of halogens is 3. The van der Waals surface area contributed by atoms with Crippen molar-refractivity contribution in [2.45, 2.75) is 12.6 Å². The quantitative estimate of drug-likeness (QED) is 0.828. The maximum absolute atomic E-state index is 12.8. The molecule has 0 spiro atoms. The Morgan fingerprint density at radius 3 is 2.62 bits per heavy atom. The lowest BCUT2D eigenvalue weighted by Gasteiger charge is -2.14. The molecule has 0 radical (unpaired) electrons. The molecule has 0 unspecified atom stereocenters. The van der Waals surface area contributed by atoms with E-state index >= 15 is 0 Å². The highest BCUT2D eigenvalue weighted by Gasteiger charge is 2.33. The smallest absolute Gasteiger partial charge is 0.417 e. The number of benzene rings is 1. The van der Waals surface area contributed by atoms with Gasteiger partial charge in [0.05, 0.1) is 11.8 Å². The van der Waals surface area contributed by atoms with E-state index in [9.17, 15) is 13.2 Å². The van der Waals surface area contributed by atoms with E-state index in [2.05, 4.69) is 5.32 Å². The largest absolute Gasteiger partial charge is 0.469 e. The number of anilines is 1. The number of nitrogens with two attached hydrogens (primary N) is 1. The van der Waals surface area contributed by atoms with Gasteiger partial charge in [0.2, 0.25) is 0 Å². The molecule has 1 aromatic heterocycles. The normalized spacial score (nSPS) is 11.4. The summed E-state index contributed by atoms with van der Waals surface area (Å²) in [6, 6.07) is 7.25. The van der Waals surface area contributed by atoms with Crippen molar-refractivity contribution in [3.05, 3.63) is 53.5 Å². The molecule has 3 N–H and O–H groups in total. The van der Waals surface area contributed by atoms with E-state index in [1.54, 1.807) is 12.3 Å². The van der Waals surface area contributed by atoms with Gasteiger partial charge in [0.15, 0.2) is 0 Å². The Labute approximate surface area is 124 Å². The molecular weight excluding hydrogens is 301 g/mol. The van der Waals surface area contributed by atoms with Crippen LogP contribution in [0, 0.1) is 0 Å². The molecule has 0 saturated heterocycles. The molecule has 0 amide bonds. The SMILES string of the molecule is NC(=S)c1cc(NCCc2ccco2)ccc1C(F)(F)F. The molecule has 2 rings (SSSR count). The molecule has 0 aliphatic heterocycles. The number of hydrogen-bond donors (Lipinski definition) is 2.